The van der Waals surface area contributed by atoms with Crippen molar-refractivity contribution in [1.82, 2.24) is 19.7 Å². The van der Waals surface area contributed by atoms with Gasteiger partial charge in [-0.25, -0.2) is 27.5 Å². The highest BCUT2D eigenvalue weighted by Gasteiger charge is 2.32. The first-order valence-corrected chi connectivity index (χ1v) is 17.8. The van der Waals surface area contributed by atoms with E-state index in [0.717, 1.165) is 36.4 Å². The van der Waals surface area contributed by atoms with Crippen molar-refractivity contribution in [2.45, 2.75) is 43.9 Å². The predicted molar refractivity (Wildman–Crippen MR) is 188 cm³/mol. The molecule has 0 saturated carbocycles. The van der Waals surface area contributed by atoms with Crippen LogP contribution in [0.3, 0.4) is 0 Å². The van der Waals surface area contributed by atoms with Crippen LogP contribution in [0.4, 0.5) is 42.8 Å². The lowest BCUT2D eigenvalue weighted by Crippen LogP contribution is -2.35. The van der Waals surface area contributed by atoms with Crippen LogP contribution >= 0.6 is 11.6 Å². The van der Waals surface area contributed by atoms with Crippen molar-refractivity contribution in [2.24, 2.45) is 0 Å². The molecular weight excluding hydrogens is 838 g/mol. The van der Waals surface area contributed by atoms with Gasteiger partial charge >= 0.3 is 36.3 Å². The van der Waals surface area contributed by atoms with E-state index >= 15 is 0 Å². The third kappa shape index (κ3) is 14.0. The van der Waals surface area contributed by atoms with E-state index in [4.69, 9.17) is 25.8 Å². The first kappa shape index (κ1) is 46.1. The van der Waals surface area contributed by atoms with Gasteiger partial charge in [-0.05, 0) is 56.2 Å². The number of carbonyl (C=O) groups excluding carboxylic acids is 3. The van der Waals surface area contributed by atoms with Gasteiger partial charge in [0, 0.05) is 18.6 Å². The van der Waals surface area contributed by atoms with Gasteiger partial charge in [-0.2, -0.15) is 41.3 Å². The van der Waals surface area contributed by atoms with Crippen molar-refractivity contribution >= 4 is 51.2 Å². The summed E-state index contributed by atoms with van der Waals surface area (Å²) in [5.74, 6) is -2.41. The number of esters is 2. The van der Waals surface area contributed by atoms with Gasteiger partial charge in [-0.15, -0.1) is 0 Å². The molecule has 0 unspecified atom stereocenters. The average molecular weight is 867 g/mol. The second kappa shape index (κ2) is 19.7. The van der Waals surface area contributed by atoms with E-state index in [-0.39, 0.29) is 46.5 Å². The van der Waals surface area contributed by atoms with E-state index < -0.39 is 86.4 Å². The Hall–Kier alpha value is -6.30. The number of hydrogen-bond acceptors (Lipinski definition) is 14. The van der Waals surface area contributed by atoms with Gasteiger partial charge in [0.1, 0.15) is 22.9 Å². The van der Waals surface area contributed by atoms with E-state index in [1.807, 2.05) is 0 Å². The Kier molecular flexibility index (Phi) is 15.7. The number of nitrogens with one attached hydrogen (secondary N) is 2. The van der Waals surface area contributed by atoms with E-state index in [0.29, 0.717) is 6.07 Å². The molecule has 2 N–H and O–H groups in total. The van der Waals surface area contributed by atoms with Crippen molar-refractivity contribution in [2.75, 3.05) is 25.6 Å². The van der Waals surface area contributed by atoms with Gasteiger partial charge < -0.3 is 18.9 Å². The second-order valence-corrected chi connectivity index (χ2v) is 13.1. The number of aryl methyl sites for hydroxylation is 2. The molecule has 17 nitrogen and oxygen atoms in total. The fourth-order valence-electron chi connectivity index (χ4n) is 4.35. The van der Waals surface area contributed by atoms with Gasteiger partial charge in [0.05, 0.1) is 34.1 Å². The topological polar surface area (TPSA) is 228 Å². The highest BCUT2D eigenvalue weighted by Crippen LogP contribution is 2.37. The lowest BCUT2D eigenvalue weighted by Gasteiger charge is -2.13. The molecule has 0 radical (unpaired) electrons. The van der Waals surface area contributed by atoms with Gasteiger partial charge in [-0.1, -0.05) is 29.8 Å². The largest absolute Gasteiger partial charge is 0.467 e. The van der Waals surface area contributed by atoms with Crippen LogP contribution in [0, 0.1) is 17.0 Å². The van der Waals surface area contributed by atoms with Crippen molar-refractivity contribution in [1.29, 1.82) is 0 Å². The Balaban J connectivity index is 0.000000311. The normalized spacial score (nSPS) is 11.3. The molecule has 3 aromatic carbocycles. The fraction of sp³-hybridized carbons (Fsp3) is 0.273. The maximum atomic E-state index is 12.7. The number of benzene rings is 3. The number of alkyl halides is 6. The summed E-state index contributed by atoms with van der Waals surface area (Å²) in [6, 6.07) is 9.16. The Labute approximate surface area is 328 Å². The van der Waals surface area contributed by atoms with Crippen LogP contribution in [-0.2, 0) is 36.9 Å². The third-order valence-corrected chi connectivity index (χ3v) is 8.53. The molecule has 4 aromatic rings. The smallest absolute Gasteiger partial charge is 0.416 e. The van der Waals surface area contributed by atoms with Gasteiger partial charge in [0.15, 0.2) is 6.61 Å². The number of carbonyl (C=O) groups is 3. The van der Waals surface area contributed by atoms with Crippen molar-refractivity contribution in [3.05, 3.63) is 98.3 Å². The van der Waals surface area contributed by atoms with Crippen LogP contribution in [0.5, 0.6) is 17.5 Å². The van der Waals surface area contributed by atoms with Gasteiger partial charge in [0.25, 0.3) is 15.7 Å². The number of anilines is 1. The Morgan fingerprint density at radius 1 is 0.948 bits per heavy atom. The molecule has 0 atom stereocenters. The van der Waals surface area contributed by atoms with Gasteiger partial charge in [0.2, 0.25) is 5.95 Å². The molecule has 25 heteroatoms. The molecule has 0 bridgehead atoms. The summed E-state index contributed by atoms with van der Waals surface area (Å²) < 4.78 is 122. The monoisotopic (exact) mass is 866 g/mol. The van der Waals surface area contributed by atoms with Crippen LogP contribution in [0.1, 0.15) is 40.7 Å². The van der Waals surface area contributed by atoms with Crippen LogP contribution in [0.2, 0.25) is 5.02 Å². The number of aromatic nitrogens is 3. The first-order valence-electron chi connectivity index (χ1n) is 15.9. The molecule has 58 heavy (non-hydrogen) atoms. The minimum Gasteiger partial charge on any atom is -0.467 e. The highest BCUT2D eigenvalue weighted by atomic mass is 35.5. The zero-order valence-electron chi connectivity index (χ0n) is 29.9. The third-order valence-electron chi connectivity index (χ3n) is 6.80. The Morgan fingerprint density at radius 3 is 2.24 bits per heavy atom. The Morgan fingerprint density at radius 2 is 1.64 bits per heavy atom. The number of methoxy groups -OCH3 is 1. The van der Waals surface area contributed by atoms with Crippen LogP contribution in [0.15, 0.2) is 65.6 Å². The van der Waals surface area contributed by atoms with Crippen molar-refractivity contribution in [3.8, 4) is 17.5 Å². The summed E-state index contributed by atoms with van der Waals surface area (Å²) in [7, 11) is -3.14. The number of sulfonamides is 1. The molecule has 0 aliphatic heterocycles. The van der Waals surface area contributed by atoms with Crippen LogP contribution in [-0.4, -0.2) is 72.8 Å². The predicted octanol–water partition coefficient (Wildman–Crippen LogP) is 6.97. The molecule has 0 saturated heterocycles. The molecule has 312 valence electrons. The molecule has 4 rings (SSSR count). The first-order chi connectivity index (χ1) is 27.0. The maximum absolute atomic E-state index is 12.7. The molecule has 2 amide bonds. The molecule has 0 aliphatic carbocycles. The number of nitro groups is 1. The number of rotatable bonds is 13. The average Bonchev–Trinajstić information content (AvgIpc) is 3.13. The number of urea groups is 1. The summed E-state index contributed by atoms with van der Waals surface area (Å²) in [4.78, 5) is 56.7. The minimum absolute atomic E-state index is 0.0493. The highest BCUT2D eigenvalue weighted by molar-refractivity contribution is 7.90. The maximum Gasteiger partial charge on any atom is 0.416 e. The van der Waals surface area contributed by atoms with Crippen molar-refractivity contribution < 1.29 is 73.0 Å². The lowest BCUT2D eigenvalue weighted by atomic mass is 10.1. The number of halogens is 7. The summed E-state index contributed by atoms with van der Waals surface area (Å²) in [6.07, 6.45) is -10.8. The standard InChI is InChI=1S/C18H13ClF3NO7.C15H16F3N5O4S/c1-2-28-16(24)9-29-17(25)12-8-11(4-5-14(12)23(26)27)30-15-6-3-10(7-13(15)19)18(20,21)22;1-9-19-12(22-14(20-9)27-2)21-13(24)23-28(25,26)11-6-4-3-5-10(11)7-8-15(16,17)18/h3-8H,2,9H2,1H3;3-6H,7-8H2,1-2H3,(H2,19,20,21,22,23,24). The molecule has 1 aromatic heterocycles. The second-order valence-electron chi connectivity index (χ2n) is 11.0. The summed E-state index contributed by atoms with van der Waals surface area (Å²) in [5.41, 5.74) is -2.23. The number of amides is 2. The van der Waals surface area contributed by atoms with Crippen LogP contribution < -0.4 is 19.5 Å². The van der Waals surface area contributed by atoms with Gasteiger partial charge in [-0.3, -0.25) is 15.4 Å². The minimum atomic E-state index is -4.61. The fourth-order valence-corrected chi connectivity index (χ4v) is 5.75. The molecule has 0 spiro atoms. The number of nitrogens with zero attached hydrogens (tertiary/aromatic N) is 4. The summed E-state index contributed by atoms with van der Waals surface area (Å²) >= 11 is 5.81. The zero-order chi connectivity index (χ0) is 43.4. The van der Waals surface area contributed by atoms with E-state index in [1.54, 1.807) is 4.72 Å². The van der Waals surface area contributed by atoms with E-state index in [1.165, 1.54) is 39.2 Å². The number of hydrogen-bond donors (Lipinski definition) is 2. The quantitative estimate of drug-likeness (QED) is 0.0599. The molecule has 0 fully saturated rings. The molecule has 0 aliphatic rings. The van der Waals surface area contributed by atoms with Crippen LogP contribution in [0.25, 0.3) is 0 Å². The summed E-state index contributed by atoms with van der Waals surface area (Å²) in [5, 5.41) is 12.9. The Bertz CT molecular complexity index is 2260. The van der Waals surface area contributed by atoms with Crippen molar-refractivity contribution in [3.63, 3.8) is 0 Å². The SMILES string of the molecule is CCOC(=O)COC(=O)c1cc(Oc2ccc(C(F)(F)F)cc2Cl)ccc1[N+](=O)[O-].COc1nc(C)nc(NC(=O)NS(=O)(=O)c2ccccc2CCC(F)(F)F)n1. The molecular formula is C33H29ClF6N6O11S. The van der Waals surface area contributed by atoms with E-state index in [2.05, 4.69) is 25.0 Å². The number of ether oxygens (including phenoxy) is 4. The van der Waals surface area contributed by atoms with E-state index in [9.17, 15) is 59.3 Å². The molecule has 1 heterocycles. The number of nitro benzene ring substituents is 1. The lowest BCUT2D eigenvalue weighted by molar-refractivity contribution is -0.385. The zero-order valence-corrected chi connectivity index (χ0v) is 31.5. The summed E-state index contributed by atoms with van der Waals surface area (Å²) in [6.45, 7) is 2.33.